The zero-order chi connectivity index (χ0) is 10.8. The third-order valence-corrected chi connectivity index (χ3v) is 2.55. The molecule has 0 bridgehead atoms. The molecule has 0 unspecified atom stereocenters. The Morgan fingerprint density at radius 2 is 2.00 bits per heavy atom. The summed E-state index contributed by atoms with van der Waals surface area (Å²) in [5, 5.41) is 1.12. The molecule has 2 rings (SSSR count). The molecular weight excluding hydrogens is 260 g/mol. The van der Waals surface area contributed by atoms with Gasteiger partial charge in [0.2, 0.25) is 0 Å². The van der Waals surface area contributed by atoms with Gasteiger partial charge in [0.25, 0.3) is 5.56 Å². The van der Waals surface area contributed by atoms with E-state index in [0.717, 1.165) is 0 Å². The van der Waals surface area contributed by atoms with Gasteiger partial charge < -0.3 is 4.98 Å². The maximum atomic E-state index is 11.9. The summed E-state index contributed by atoms with van der Waals surface area (Å²) < 4.78 is 1.19. The van der Waals surface area contributed by atoms with Crippen molar-refractivity contribution >= 4 is 26.8 Å². The summed E-state index contributed by atoms with van der Waals surface area (Å²) in [5.74, 6) is 0. The van der Waals surface area contributed by atoms with Crippen LogP contribution in [0, 0.1) is 0 Å². The van der Waals surface area contributed by atoms with Crippen LogP contribution < -0.4 is 11.2 Å². The van der Waals surface area contributed by atoms with Crippen molar-refractivity contribution in [2.45, 2.75) is 6.54 Å². The van der Waals surface area contributed by atoms with Crippen molar-refractivity contribution in [3.63, 3.8) is 0 Å². The summed E-state index contributed by atoms with van der Waals surface area (Å²) >= 11 is 3.21. The first kappa shape index (κ1) is 10.2. The Labute approximate surface area is 93.7 Å². The van der Waals surface area contributed by atoms with E-state index < -0.39 is 0 Å². The molecule has 0 saturated carbocycles. The Bertz CT molecular complexity index is 600. The van der Waals surface area contributed by atoms with Crippen LogP contribution in [0.1, 0.15) is 0 Å². The predicted octanol–water partition coefficient (Wildman–Crippen LogP) is 1.08. The molecule has 0 fully saturated rings. The van der Waals surface area contributed by atoms with Gasteiger partial charge in [-0.15, -0.1) is 0 Å². The van der Waals surface area contributed by atoms with E-state index in [1.807, 2.05) is 0 Å². The second-order valence-corrected chi connectivity index (χ2v) is 3.91. The largest absolute Gasteiger partial charge is 0.328 e. The van der Waals surface area contributed by atoms with Gasteiger partial charge in [-0.2, -0.15) is 0 Å². The van der Waals surface area contributed by atoms with E-state index in [2.05, 4.69) is 20.9 Å². The fourth-order valence-electron chi connectivity index (χ4n) is 1.49. The highest BCUT2D eigenvalue weighted by atomic mass is 79.9. The molecule has 0 aliphatic carbocycles. The van der Waals surface area contributed by atoms with Gasteiger partial charge in [0.05, 0.1) is 10.9 Å². The third kappa shape index (κ3) is 1.74. The van der Waals surface area contributed by atoms with E-state index >= 15 is 0 Å². The standard InChI is InChI=1S/C10H9BrN2O2/c11-5-6-13-9(14)7-3-1-2-4-8(7)12-10(13)15/h1-4H,5-6H2,(H,12,15). The molecule has 0 aliphatic heterocycles. The Morgan fingerprint density at radius 3 is 2.73 bits per heavy atom. The fraction of sp³-hybridized carbons (Fsp3) is 0.200. The van der Waals surface area contributed by atoms with Crippen molar-refractivity contribution in [2.24, 2.45) is 0 Å². The lowest BCUT2D eigenvalue weighted by Crippen LogP contribution is -2.35. The highest BCUT2D eigenvalue weighted by molar-refractivity contribution is 9.09. The third-order valence-electron chi connectivity index (χ3n) is 2.20. The minimum Gasteiger partial charge on any atom is -0.307 e. The molecule has 4 nitrogen and oxygen atoms in total. The number of para-hydroxylation sites is 1. The number of aromatic nitrogens is 2. The predicted molar refractivity (Wildman–Crippen MR) is 62.6 cm³/mol. The number of aromatic amines is 1. The number of rotatable bonds is 2. The first-order valence-electron chi connectivity index (χ1n) is 4.52. The summed E-state index contributed by atoms with van der Waals surface area (Å²) in [6, 6.07) is 6.99. The number of halogens is 1. The van der Waals surface area contributed by atoms with E-state index in [1.165, 1.54) is 4.57 Å². The van der Waals surface area contributed by atoms with Gasteiger partial charge in [-0.25, -0.2) is 4.79 Å². The van der Waals surface area contributed by atoms with Gasteiger partial charge in [-0.05, 0) is 12.1 Å². The molecule has 2 aromatic rings. The highest BCUT2D eigenvalue weighted by Gasteiger charge is 2.05. The molecule has 0 aliphatic rings. The van der Waals surface area contributed by atoms with Crippen LogP contribution in [-0.4, -0.2) is 14.9 Å². The minimum absolute atomic E-state index is 0.242. The molecule has 1 N–H and O–H groups in total. The Morgan fingerprint density at radius 1 is 1.27 bits per heavy atom. The first-order valence-corrected chi connectivity index (χ1v) is 5.64. The number of hydrogen-bond acceptors (Lipinski definition) is 2. The van der Waals surface area contributed by atoms with Crippen LogP contribution in [0.2, 0.25) is 0 Å². The van der Waals surface area contributed by atoms with Crippen molar-refractivity contribution in [3.8, 4) is 0 Å². The summed E-state index contributed by atoms with van der Waals surface area (Å²) in [7, 11) is 0. The van der Waals surface area contributed by atoms with Crippen molar-refractivity contribution in [2.75, 3.05) is 5.33 Å². The van der Waals surface area contributed by atoms with Gasteiger partial charge in [0, 0.05) is 11.9 Å². The molecule has 5 heteroatoms. The van der Waals surface area contributed by atoms with Crippen LogP contribution in [0.25, 0.3) is 10.9 Å². The number of H-pyrrole nitrogens is 1. The number of nitrogens with zero attached hydrogens (tertiary/aromatic N) is 1. The molecule has 0 atom stereocenters. The zero-order valence-corrected chi connectivity index (χ0v) is 9.45. The lowest BCUT2D eigenvalue weighted by molar-refractivity contribution is 0.694. The van der Waals surface area contributed by atoms with E-state index in [0.29, 0.717) is 22.8 Å². The summed E-state index contributed by atoms with van der Waals surface area (Å²) in [4.78, 5) is 26.1. The Balaban J connectivity index is 2.85. The average Bonchev–Trinajstić information content (AvgIpc) is 2.24. The molecule has 0 spiro atoms. The fourth-order valence-corrected chi connectivity index (χ4v) is 1.84. The van der Waals surface area contributed by atoms with E-state index in [4.69, 9.17) is 0 Å². The monoisotopic (exact) mass is 268 g/mol. The highest BCUT2D eigenvalue weighted by Crippen LogP contribution is 2.02. The summed E-state index contributed by atoms with van der Waals surface area (Å²) in [6.07, 6.45) is 0. The van der Waals surface area contributed by atoms with Crippen molar-refractivity contribution < 1.29 is 0 Å². The van der Waals surface area contributed by atoms with Gasteiger partial charge in [-0.3, -0.25) is 9.36 Å². The van der Waals surface area contributed by atoms with Crippen molar-refractivity contribution in [1.82, 2.24) is 9.55 Å². The van der Waals surface area contributed by atoms with Crippen LogP contribution in [0.3, 0.4) is 0 Å². The molecule has 1 aromatic carbocycles. The SMILES string of the molecule is O=c1[nH]c2ccccc2c(=O)n1CCBr. The number of alkyl halides is 1. The topological polar surface area (TPSA) is 54.9 Å². The van der Waals surface area contributed by atoms with Crippen molar-refractivity contribution in [1.29, 1.82) is 0 Å². The second kappa shape index (κ2) is 4.02. The van der Waals surface area contributed by atoms with Crippen LogP contribution in [-0.2, 0) is 6.54 Å². The van der Waals surface area contributed by atoms with Gasteiger partial charge >= 0.3 is 5.69 Å². The maximum Gasteiger partial charge on any atom is 0.328 e. The van der Waals surface area contributed by atoms with E-state index in [1.54, 1.807) is 24.3 Å². The smallest absolute Gasteiger partial charge is 0.307 e. The molecule has 15 heavy (non-hydrogen) atoms. The molecule has 0 amide bonds. The lowest BCUT2D eigenvalue weighted by atomic mass is 10.2. The van der Waals surface area contributed by atoms with Gasteiger partial charge in [-0.1, -0.05) is 28.1 Å². The van der Waals surface area contributed by atoms with E-state index in [-0.39, 0.29) is 11.2 Å². The molecule has 0 saturated heterocycles. The zero-order valence-electron chi connectivity index (χ0n) is 7.87. The molecule has 0 radical (unpaired) electrons. The van der Waals surface area contributed by atoms with Crippen LogP contribution in [0.5, 0.6) is 0 Å². The maximum absolute atomic E-state index is 11.9. The first-order chi connectivity index (χ1) is 7.24. The number of nitrogens with one attached hydrogen (secondary N) is 1. The Hall–Kier alpha value is -1.36. The minimum atomic E-state index is -0.363. The lowest BCUT2D eigenvalue weighted by Gasteiger charge is -2.03. The van der Waals surface area contributed by atoms with Gasteiger partial charge in [0.1, 0.15) is 0 Å². The summed E-state index contributed by atoms with van der Waals surface area (Å²) in [6.45, 7) is 0.374. The van der Waals surface area contributed by atoms with Crippen LogP contribution in [0.4, 0.5) is 0 Å². The summed E-state index contributed by atoms with van der Waals surface area (Å²) in [5.41, 5.74) is -0.0229. The van der Waals surface area contributed by atoms with Crippen LogP contribution >= 0.6 is 15.9 Å². The molecule has 78 valence electrons. The second-order valence-electron chi connectivity index (χ2n) is 3.12. The number of fused-ring (bicyclic) bond motifs is 1. The number of benzene rings is 1. The molecule has 1 heterocycles. The average molecular weight is 269 g/mol. The molecular formula is C10H9BrN2O2. The quantitative estimate of drug-likeness (QED) is 0.829. The molecule has 1 aromatic heterocycles. The number of hydrogen-bond donors (Lipinski definition) is 1. The van der Waals surface area contributed by atoms with Gasteiger partial charge in [0.15, 0.2) is 0 Å². The van der Waals surface area contributed by atoms with Crippen molar-refractivity contribution in [3.05, 3.63) is 45.1 Å². The normalized spacial score (nSPS) is 10.7. The van der Waals surface area contributed by atoms with E-state index in [9.17, 15) is 9.59 Å². The van der Waals surface area contributed by atoms with Crippen LogP contribution in [0.15, 0.2) is 33.9 Å². The Kier molecular flexibility index (Phi) is 2.73.